The molecule has 4 heteroatoms. The number of phenolic OH excluding ortho intramolecular Hbond substituents is 1. The van der Waals surface area contributed by atoms with Crippen molar-refractivity contribution in [2.75, 3.05) is 27.2 Å². The van der Waals surface area contributed by atoms with Gasteiger partial charge in [-0.3, -0.25) is 4.90 Å². The zero-order valence-corrected chi connectivity index (χ0v) is 12.9. The fraction of sp³-hybridized carbons (Fsp3) is 0.625. The van der Waals surface area contributed by atoms with E-state index < -0.39 is 0 Å². The van der Waals surface area contributed by atoms with Crippen molar-refractivity contribution in [1.29, 1.82) is 0 Å². The van der Waals surface area contributed by atoms with Gasteiger partial charge in [0.2, 0.25) is 0 Å². The predicted molar refractivity (Wildman–Crippen MR) is 81.3 cm³/mol. The molecule has 2 atom stereocenters. The summed E-state index contributed by atoms with van der Waals surface area (Å²) in [6, 6.07) is 4.24. The number of phenols is 1. The molecule has 0 saturated carbocycles. The molecule has 1 fully saturated rings. The summed E-state index contributed by atoms with van der Waals surface area (Å²) in [5.41, 5.74) is 8.03. The lowest BCUT2D eigenvalue weighted by Gasteiger charge is -2.24. The molecule has 2 rings (SSSR count). The summed E-state index contributed by atoms with van der Waals surface area (Å²) in [6.07, 6.45) is 1.02. The quantitative estimate of drug-likeness (QED) is 0.888. The largest absolute Gasteiger partial charge is 0.504 e. The number of nitrogens with zero attached hydrogens (tertiary/aromatic N) is 1. The van der Waals surface area contributed by atoms with Crippen LogP contribution in [-0.2, 0) is 0 Å². The van der Waals surface area contributed by atoms with Crippen molar-refractivity contribution in [3.8, 4) is 11.5 Å². The second-order valence-corrected chi connectivity index (χ2v) is 6.11. The van der Waals surface area contributed by atoms with E-state index in [0.29, 0.717) is 24.1 Å². The average Bonchev–Trinajstić information content (AvgIpc) is 2.78. The third kappa shape index (κ3) is 2.76. The summed E-state index contributed by atoms with van der Waals surface area (Å²) < 4.78 is 5.43. The van der Waals surface area contributed by atoms with Gasteiger partial charge in [0, 0.05) is 18.2 Å². The van der Waals surface area contributed by atoms with Gasteiger partial charge >= 0.3 is 0 Å². The number of methoxy groups -OCH3 is 1. The number of benzene rings is 1. The van der Waals surface area contributed by atoms with Crippen molar-refractivity contribution < 1.29 is 9.84 Å². The van der Waals surface area contributed by atoms with Crippen molar-refractivity contribution >= 4 is 0 Å². The second kappa shape index (κ2) is 6.02. The zero-order valence-electron chi connectivity index (χ0n) is 12.9. The Balaban J connectivity index is 2.43. The molecule has 1 heterocycles. The number of hydrogen-bond donors (Lipinski definition) is 2. The van der Waals surface area contributed by atoms with Gasteiger partial charge in [0.15, 0.2) is 11.5 Å². The molecule has 0 radical (unpaired) electrons. The predicted octanol–water partition coefficient (Wildman–Crippen LogP) is 2.48. The fourth-order valence-electron chi connectivity index (χ4n) is 3.10. The maximum absolute atomic E-state index is 10.2. The number of aromatic hydroxyl groups is 1. The summed E-state index contributed by atoms with van der Waals surface area (Å²) in [5, 5.41) is 10.2. The third-order valence-electron chi connectivity index (χ3n) is 4.32. The molecule has 1 aromatic rings. The summed E-state index contributed by atoms with van der Waals surface area (Å²) in [6.45, 7) is 5.97. The summed E-state index contributed by atoms with van der Waals surface area (Å²) in [4.78, 5) is 2.30. The van der Waals surface area contributed by atoms with Crippen molar-refractivity contribution in [3.05, 3.63) is 23.3 Å². The smallest absolute Gasteiger partial charge is 0.165 e. The first kappa shape index (κ1) is 15.1. The molecule has 112 valence electrons. The maximum atomic E-state index is 10.2. The Kier molecular flexibility index (Phi) is 4.55. The van der Waals surface area contributed by atoms with Crippen molar-refractivity contribution in [2.24, 2.45) is 11.7 Å². The molecule has 4 nitrogen and oxygen atoms in total. The Morgan fingerprint density at radius 2 is 2.15 bits per heavy atom. The first-order valence-electron chi connectivity index (χ1n) is 7.29. The van der Waals surface area contributed by atoms with E-state index in [4.69, 9.17) is 10.5 Å². The Morgan fingerprint density at radius 3 is 2.65 bits per heavy atom. The Hall–Kier alpha value is -1.26. The van der Waals surface area contributed by atoms with Gasteiger partial charge in [0.25, 0.3) is 0 Å². The highest BCUT2D eigenvalue weighted by molar-refractivity contribution is 5.51. The van der Waals surface area contributed by atoms with E-state index in [1.807, 2.05) is 6.07 Å². The minimum Gasteiger partial charge on any atom is -0.504 e. The summed E-state index contributed by atoms with van der Waals surface area (Å²) in [5.74, 6) is 1.73. The van der Waals surface area contributed by atoms with Gasteiger partial charge in [0.05, 0.1) is 7.11 Å². The van der Waals surface area contributed by atoms with Crippen LogP contribution in [0.3, 0.4) is 0 Å². The van der Waals surface area contributed by atoms with E-state index in [1.54, 1.807) is 7.11 Å². The van der Waals surface area contributed by atoms with Gasteiger partial charge in [0.1, 0.15) is 0 Å². The van der Waals surface area contributed by atoms with Gasteiger partial charge in [-0.05, 0) is 49.5 Å². The highest BCUT2D eigenvalue weighted by Crippen LogP contribution is 2.43. The van der Waals surface area contributed by atoms with Gasteiger partial charge in [-0.15, -0.1) is 0 Å². The van der Waals surface area contributed by atoms with Crippen LogP contribution in [0.5, 0.6) is 11.5 Å². The Morgan fingerprint density at radius 1 is 1.45 bits per heavy atom. The van der Waals surface area contributed by atoms with Crippen LogP contribution in [0.4, 0.5) is 0 Å². The molecule has 0 bridgehead atoms. The number of ether oxygens (including phenoxy) is 1. The van der Waals surface area contributed by atoms with E-state index in [9.17, 15) is 5.11 Å². The van der Waals surface area contributed by atoms with Gasteiger partial charge in [-0.1, -0.05) is 13.8 Å². The molecular weight excluding hydrogens is 252 g/mol. The van der Waals surface area contributed by atoms with Gasteiger partial charge < -0.3 is 15.6 Å². The van der Waals surface area contributed by atoms with E-state index in [1.165, 1.54) is 0 Å². The van der Waals surface area contributed by atoms with E-state index in [-0.39, 0.29) is 11.8 Å². The van der Waals surface area contributed by atoms with Crippen molar-refractivity contribution in [3.63, 3.8) is 0 Å². The standard InChI is InChI=1S/C16H26N2O2/c1-10(2)12-6-13(16(20-4)15(19)7-12)14-5-11(8-17)9-18(14)3/h6-7,10-11,14,19H,5,8-9,17H2,1-4H3. The number of rotatable bonds is 4. The molecule has 2 unspecified atom stereocenters. The van der Waals surface area contributed by atoms with Crippen LogP contribution >= 0.6 is 0 Å². The molecule has 1 aliphatic heterocycles. The van der Waals surface area contributed by atoms with E-state index in [2.05, 4.69) is 31.9 Å². The van der Waals surface area contributed by atoms with Crippen LogP contribution in [0.2, 0.25) is 0 Å². The van der Waals surface area contributed by atoms with Gasteiger partial charge in [-0.25, -0.2) is 0 Å². The highest BCUT2D eigenvalue weighted by Gasteiger charge is 2.32. The second-order valence-electron chi connectivity index (χ2n) is 6.11. The van der Waals surface area contributed by atoms with Crippen LogP contribution in [0.25, 0.3) is 0 Å². The first-order chi connectivity index (χ1) is 9.47. The minimum atomic E-state index is 0.235. The Bertz CT molecular complexity index is 474. The van der Waals surface area contributed by atoms with Gasteiger partial charge in [-0.2, -0.15) is 0 Å². The molecular formula is C16H26N2O2. The summed E-state index contributed by atoms with van der Waals surface area (Å²) in [7, 11) is 3.72. The normalized spacial score (nSPS) is 23.5. The summed E-state index contributed by atoms with van der Waals surface area (Å²) >= 11 is 0. The van der Waals surface area contributed by atoms with Crippen molar-refractivity contribution in [2.45, 2.75) is 32.2 Å². The minimum absolute atomic E-state index is 0.235. The van der Waals surface area contributed by atoms with Crippen LogP contribution in [0, 0.1) is 5.92 Å². The maximum Gasteiger partial charge on any atom is 0.165 e. The molecule has 20 heavy (non-hydrogen) atoms. The molecule has 1 aliphatic rings. The lowest BCUT2D eigenvalue weighted by molar-refractivity contribution is 0.297. The Labute approximate surface area is 121 Å². The van der Waals surface area contributed by atoms with Crippen LogP contribution in [-0.4, -0.2) is 37.3 Å². The van der Waals surface area contributed by atoms with Crippen LogP contribution in [0.1, 0.15) is 43.4 Å². The van der Waals surface area contributed by atoms with Crippen molar-refractivity contribution in [1.82, 2.24) is 4.90 Å². The lowest BCUT2D eigenvalue weighted by Crippen LogP contribution is -2.21. The monoisotopic (exact) mass is 278 g/mol. The molecule has 3 N–H and O–H groups in total. The number of likely N-dealkylation sites (tertiary alicyclic amines) is 1. The molecule has 1 aromatic carbocycles. The zero-order chi connectivity index (χ0) is 14.9. The number of hydrogen-bond acceptors (Lipinski definition) is 4. The SMILES string of the molecule is COc1c(O)cc(C(C)C)cc1C1CC(CN)CN1C. The van der Waals surface area contributed by atoms with Crippen LogP contribution < -0.4 is 10.5 Å². The fourth-order valence-corrected chi connectivity index (χ4v) is 3.10. The molecule has 0 aliphatic carbocycles. The topological polar surface area (TPSA) is 58.7 Å². The van der Waals surface area contributed by atoms with E-state index >= 15 is 0 Å². The van der Waals surface area contributed by atoms with E-state index in [0.717, 1.165) is 24.1 Å². The number of nitrogens with two attached hydrogens (primary N) is 1. The molecule has 0 amide bonds. The molecule has 0 aromatic heterocycles. The molecule has 0 spiro atoms. The average molecular weight is 278 g/mol. The highest BCUT2D eigenvalue weighted by atomic mass is 16.5. The lowest BCUT2D eigenvalue weighted by atomic mass is 9.93. The van der Waals surface area contributed by atoms with Crippen LogP contribution in [0.15, 0.2) is 12.1 Å². The third-order valence-corrected chi connectivity index (χ3v) is 4.32. The molecule has 1 saturated heterocycles. The first-order valence-corrected chi connectivity index (χ1v) is 7.29.